The molecule has 0 aromatic heterocycles. The topological polar surface area (TPSA) is 61.8 Å². The van der Waals surface area contributed by atoms with Crippen molar-refractivity contribution in [2.75, 3.05) is 14.2 Å². The number of carbonyl (C=O) groups excluding carboxylic acids is 2. The molecule has 0 saturated carbocycles. The van der Waals surface area contributed by atoms with Gasteiger partial charge in [0, 0.05) is 5.75 Å². The average molecular weight is 340 g/mol. The fourth-order valence-electron chi connectivity index (χ4n) is 1.73. The highest BCUT2D eigenvalue weighted by Crippen LogP contribution is 2.25. The van der Waals surface area contributed by atoms with E-state index in [-0.39, 0.29) is 6.42 Å². The van der Waals surface area contributed by atoms with Gasteiger partial charge in [-0.3, -0.25) is 9.59 Å². The fourth-order valence-corrected chi connectivity index (χ4v) is 2.76. The molecule has 0 amide bonds. The van der Waals surface area contributed by atoms with E-state index < -0.39 is 22.8 Å². The van der Waals surface area contributed by atoms with E-state index in [0.29, 0.717) is 5.75 Å². The van der Waals surface area contributed by atoms with Crippen molar-refractivity contribution in [2.24, 2.45) is 0 Å². The smallest absolute Gasteiger partial charge is 0.320 e. The number of hydrogen-bond donors (Lipinski definition) is 0. The van der Waals surface area contributed by atoms with Crippen molar-refractivity contribution in [1.82, 2.24) is 0 Å². The van der Waals surface area contributed by atoms with Crippen molar-refractivity contribution in [3.8, 4) is 5.75 Å². The molecule has 5 nitrogen and oxygen atoms in total. The van der Waals surface area contributed by atoms with E-state index in [1.807, 2.05) is 24.3 Å². The molecule has 0 aliphatic rings. The van der Waals surface area contributed by atoms with Crippen LogP contribution in [0.1, 0.15) is 32.8 Å². The first-order chi connectivity index (χ1) is 10.7. The molecule has 128 valence electrons. The van der Waals surface area contributed by atoms with Gasteiger partial charge in [0.1, 0.15) is 16.6 Å². The van der Waals surface area contributed by atoms with E-state index >= 15 is 0 Å². The van der Waals surface area contributed by atoms with E-state index in [1.54, 1.807) is 27.9 Å². The molecule has 1 aromatic carbocycles. The van der Waals surface area contributed by atoms with Crippen LogP contribution in [-0.2, 0) is 24.8 Å². The lowest BCUT2D eigenvalue weighted by atomic mass is 10.2. The van der Waals surface area contributed by atoms with Crippen LogP contribution in [0.25, 0.3) is 0 Å². The molecule has 0 saturated heterocycles. The lowest BCUT2D eigenvalue weighted by Crippen LogP contribution is -2.31. The lowest BCUT2D eigenvalue weighted by Gasteiger charge is -2.23. The summed E-state index contributed by atoms with van der Waals surface area (Å²) in [6, 6.07) is 7.57. The zero-order valence-corrected chi connectivity index (χ0v) is 15.1. The summed E-state index contributed by atoms with van der Waals surface area (Å²) in [6.45, 7) is 5.40. The van der Waals surface area contributed by atoms with Crippen molar-refractivity contribution in [1.29, 1.82) is 0 Å². The van der Waals surface area contributed by atoms with Crippen molar-refractivity contribution >= 4 is 23.7 Å². The molecule has 0 fully saturated rings. The van der Waals surface area contributed by atoms with Gasteiger partial charge >= 0.3 is 11.9 Å². The minimum absolute atomic E-state index is 0.00770. The highest BCUT2D eigenvalue weighted by Gasteiger charge is 2.28. The Morgan fingerprint density at radius 3 is 2.22 bits per heavy atom. The summed E-state index contributed by atoms with van der Waals surface area (Å²) >= 11 is 1.36. The molecule has 0 N–H and O–H groups in total. The molecule has 1 rings (SSSR count). The molecule has 0 spiro atoms. The number of methoxy groups -OCH3 is 2. The largest absolute Gasteiger partial charge is 0.497 e. The Balaban J connectivity index is 2.71. The highest BCUT2D eigenvalue weighted by molar-refractivity contribution is 7.99. The number of esters is 2. The summed E-state index contributed by atoms with van der Waals surface area (Å²) in [7, 11) is 2.92. The number of carbonyl (C=O) groups is 2. The molecule has 0 aliphatic carbocycles. The fraction of sp³-hybridized carbons (Fsp3) is 0.529. The van der Waals surface area contributed by atoms with Gasteiger partial charge in [0.2, 0.25) is 0 Å². The van der Waals surface area contributed by atoms with Crippen molar-refractivity contribution in [2.45, 2.75) is 43.8 Å². The maximum atomic E-state index is 12.3. The van der Waals surface area contributed by atoms with Gasteiger partial charge in [-0.1, -0.05) is 12.1 Å². The van der Waals surface area contributed by atoms with Gasteiger partial charge in [0.05, 0.1) is 20.6 Å². The third-order valence-electron chi connectivity index (χ3n) is 2.86. The van der Waals surface area contributed by atoms with Crippen LogP contribution in [0.5, 0.6) is 5.75 Å². The monoisotopic (exact) mass is 340 g/mol. The maximum absolute atomic E-state index is 12.3. The Kier molecular flexibility index (Phi) is 7.42. The normalized spacial score (nSPS) is 12.4. The third-order valence-corrected chi connectivity index (χ3v) is 4.12. The number of ether oxygens (including phenoxy) is 3. The highest BCUT2D eigenvalue weighted by atomic mass is 32.2. The van der Waals surface area contributed by atoms with Gasteiger partial charge in [-0.15, -0.1) is 11.8 Å². The van der Waals surface area contributed by atoms with Gasteiger partial charge < -0.3 is 14.2 Å². The van der Waals surface area contributed by atoms with E-state index in [0.717, 1.165) is 11.3 Å². The second-order valence-electron chi connectivity index (χ2n) is 5.96. The molecule has 23 heavy (non-hydrogen) atoms. The predicted octanol–water partition coefficient (Wildman–Crippen LogP) is 3.20. The molecule has 1 atom stereocenters. The number of hydrogen-bond acceptors (Lipinski definition) is 6. The summed E-state index contributed by atoms with van der Waals surface area (Å²) in [4.78, 5) is 23.8. The Hall–Kier alpha value is -1.69. The summed E-state index contributed by atoms with van der Waals surface area (Å²) in [5.41, 5.74) is 0.445. The summed E-state index contributed by atoms with van der Waals surface area (Å²) in [5, 5.41) is -0.594. The van der Waals surface area contributed by atoms with Gasteiger partial charge in [0.25, 0.3) is 0 Å². The Morgan fingerprint density at radius 1 is 1.13 bits per heavy atom. The minimum atomic E-state index is -0.594. The SMILES string of the molecule is COC(=O)CC(SCc1ccc(OC)cc1)C(=O)OC(C)(C)C. The van der Waals surface area contributed by atoms with Crippen LogP contribution in [-0.4, -0.2) is 37.0 Å². The summed E-state index contributed by atoms with van der Waals surface area (Å²) in [5.74, 6) is 0.534. The summed E-state index contributed by atoms with van der Waals surface area (Å²) < 4.78 is 15.2. The van der Waals surface area contributed by atoms with Gasteiger partial charge in [-0.05, 0) is 38.5 Å². The number of benzene rings is 1. The first kappa shape index (κ1) is 19.4. The molecule has 6 heteroatoms. The van der Waals surface area contributed by atoms with Crippen LogP contribution in [0, 0.1) is 0 Å². The Labute approximate surface area is 141 Å². The van der Waals surface area contributed by atoms with Crippen molar-refractivity contribution in [3.05, 3.63) is 29.8 Å². The quantitative estimate of drug-likeness (QED) is 0.710. The zero-order valence-electron chi connectivity index (χ0n) is 14.3. The molecular formula is C17H24O5S. The number of rotatable bonds is 7. The molecule has 0 heterocycles. The van der Waals surface area contributed by atoms with Crippen LogP contribution < -0.4 is 4.74 Å². The van der Waals surface area contributed by atoms with Crippen LogP contribution in [0.2, 0.25) is 0 Å². The molecule has 0 radical (unpaired) electrons. The third kappa shape index (κ3) is 7.41. The first-order valence-corrected chi connectivity index (χ1v) is 8.34. The van der Waals surface area contributed by atoms with Gasteiger partial charge in [-0.2, -0.15) is 0 Å². The van der Waals surface area contributed by atoms with Gasteiger partial charge in [0.15, 0.2) is 0 Å². The van der Waals surface area contributed by atoms with E-state index in [9.17, 15) is 9.59 Å². The lowest BCUT2D eigenvalue weighted by molar-refractivity contribution is -0.156. The standard InChI is InChI=1S/C17H24O5S/c1-17(2,3)22-16(19)14(10-15(18)21-5)23-11-12-6-8-13(20-4)9-7-12/h6-9,14H,10-11H2,1-5H3. The predicted molar refractivity (Wildman–Crippen MR) is 90.6 cm³/mol. The van der Waals surface area contributed by atoms with Gasteiger partial charge in [-0.25, -0.2) is 0 Å². The van der Waals surface area contributed by atoms with E-state index in [4.69, 9.17) is 9.47 Å². The molecular weight excluding hydrogens is 316 g/mol. The molecule has 1 aromatic rings. The number of thioether (sulfide) groups is 1. The second-order valence-corrected chi connectivity index (χ2v) is 7.15. The first-order valence-electron chi connectivity index (χ1n) is 7.29. The van der Waals surface area contributed by atoms with Crippen LogP contribution in [0.3, 0.4) is 0 Å². The molecule has 0 aliphatic heterocycles. The summed E-state index contributed by atoms with van der Waals surface area (Å²) in [6.07, 6.45) is -0.00770. The Bertz CT molecular complexity index is 519. The second kappa shape index (κ2) is 8.82. The van der Waals surface area contributed by atoms with E-state index in [2.05, 4.69) is 4.74 Å². The average Bonchev–Trinajstić information content (AvgIpc) is 2.49. The minimum Gasteiger partial charge on any atom is -0.497 e. The van der Waals surface area contributed by atoms with Crippen LogP contribution in [0.15, 0.2) is 24.3 Å². The Morgan fingerprint density at radius 2 is 1.74 bits per heavy atom. The van der Waals surface area contributed by atoms with Crippen molar-refractivity contribution in [3.63, 3.8) is 0 Å². The van der Waals surface area contributed by atoms with Crippen LogP contribution >= 0.6 is 11.8 Å². The maximum Gasteiger partial charge on any atom is 0.320 e. The molecule has 0 bridgehead atoms. The van der Waals surface area contributed by atoms with Crippen LogP contribution in [0.4, 0.5) is 0 Å². The van der Waals surface area contributed by atoms with Crippen molar-refractivity contribution < 1.29 is 23.8 Å². The van der Waals surface area contributed by atoms with E-state index in [1.165, 1.54) is 18.9 Å². The molecule has 1 unspecified atom stereocenters. The zero-order chi connectivity index (χ0) is 17.5.